The molecule has 0 bridgehead atoms. The Labute approximate surface area is 99.0 Å². The van der Waals surface area contributed by atoms with Gasteiger partial charge in [0, 0.05) is 12.0 Å². The summed E-state index contributed by atoms with van der Waals surface area (Å²) in [6, 6.07) is 12.1. The summed E-state index contributed by atoms with van der Waals surface area (Å²) < 4.78 is 0. The minimum atomic E-state index is -0.0386. The van der Waals surface area contributed by atoms with Crippen LogP contribution in [0.25, 0.3) is 11.1 Å². The van der Waals surface area contributed by atoms with E-state index in [9.17, 15) is 15.0 Å². The minimum Gasteiger partial charge on any atom is -0.507 e. The van der Waals surface area contributed by atoms with E-state index in [-0.39, 0.29) is 17.9 Å². The number of aromatic hydroxyl groups is 2. The number of carbonyl (C=O) groups excluding carboxylic acids is 1. The van der Waals surface area contributed by atoms with Crippen LogP contribution >= 0.6 is 0 Å². The van der Waals surface area contributed by atoms with Crippen molar-refractivity contribution in [3.63, 3.8) is 0 Å². The first-order chi connectivity index (χ1) is 8.24. The van der Waals surface area contributed by atoms with Crippen molar-refractivity contribution in [1.29, 1.82) is 0 Å². The smallest absolute Gasteiger partial charge is 0.130 e. The second kappa shape index (κ2) is 4.70. The van der Waals surface area contributed by atoms with Crippen LogP contribution in [-0.4, -0.2) is 16.5 Å². The van der Waals surface area contributed by atoms with Gasteiger partial charge < -0.3 is 15.0 Å². The minimum absolute atomic E-state index is 0.00310. The normalized spacial score (nSPS) is 10.1. The van der Waals surface area contributed by atoms with Crippen LogP contribution in [0, 0.1) is 0 Å². The van der Waals surface area contributed by atoms with E-state index in [1.165, 1.54) is 6.07 Å². The molecule has 0 heterocycles. The quantitative estimate of drug-likeness (QED) is 0.793. The third-order valence-corrected chi connectivity index (χ3v) is 2.61. The lowest BCUT2D eigenvalue weighted by atomic mass is 9.99. The van der Waals surface area contributed by atoms with Gasteiger partial charge in [0.2, 0.25) is 0 Å². The third-order valence-electron chi connectivity index (χ3n) is 2.61. The van der Waals surface area contributed by atoms with Crippen molar-refractivity contribution < 1.29 is 15.0 Å². The van der Waals surface area contributed by atoms with Gasteiger partial charge in [-0.3, -0.25) is 0 Å². The molecule has 0 atom stereocenters. The van der Waals surface area contributed by atoms with E-state index in [2.05, 4.69) is 0 Å². The molecule has 0 saturated carbocycles. The molecule has 0 radical (unpaired) electrons. The van der Waals surface area contributed by atoms with Gasteiger partial charge in [0.15, 0.2) is 0 Å². The van der Waals surface area contributed by atoms with Crippen LogP contribution in [0.5, 0.6) is 11.5 Å². The maximum absolute atomic E-state index is 10.5. The highest BCUT2D eigenvalue weighted by molar-refractivity contribution is 5.78. The van der Waals surface area contributed by atoms with Crippen molar-refractivity contribution in [2.75, 3.05) is 0 Å². The Morgan fingerprint density at radius 1 is 1.00 bits per heavy atom. The van der Waals surface area contributed by atoms with Gasteiger partial charge in [0.1, 0.15) is 17.8 Å². The Balaban J connectivity index is 2.60. The van der Waals surface area contributed by atoms with Gasteiger partial charge in [-0.15, -0.1) is 0 Å². The van der Waals surface area contributed by atoms with E-state index in [4.69, 9.17) is 0 Å². The summed E-state index contributed by atoms with van der Waals surface area (Å²) in [5, 5.41) is 19.8. The molecule has 17 heavy (non-hydrogen) atoms. The molecule has 2 N–H and O–H groups in total. The first kappa shape index (κ1) is 11.2. The van der Waals surface area contributed by atoms with Crippen molar-refractivity contribution in [2.45, 2.75) is 6.42 Å². The van der Waals surface area contributed by atoms with Crippen LogP contribution in [0.2, 0.25) is 0 Å². The van der Waals surface area contributed by atoms with Crippen LogP contribution in [-0.2, 0) is 11.2 Å². The van der Waals surface area contributed by atoms with E-state index in [0.29, 0.717) is 11.1 Å². The van der Waals surface area contributed by atoms with Gasteiger partial charge in [-0.05, 0) is 11.6 Å². The Kier molecular flexibility index (Phi) is 3.10. The fourth-order valence-electron chi connectivity index (χ4n) is 1.77. The molecule has 0 aliphatic rings. The number of benzene rings is 2. The van der Waals surface area contributed by atoms with Gasteiger partial charge in [-0.2, -0.15) is 0 Å². The first-order valence-electron chi connectivity index (χ1n) is 5.27. The van der Waals surface area contributed by atoms with E-state index in [1.54, 1.807) is 18.2 Å². The molecule has 0 spiro atoms. The molecule has 0 amide bonds. The lowest BCUT2D eigenvalue weighted by Crippen LogP contribution is -1.90. The van der Waals surface area contributed by atoms with E-state index in [0.717, 1.165) is 11.8 Å². The van der Waals surface area contributed by atoms with Crippen molar-refractivity contribution in [3.05, 3.63) is 48.0 Å². The summed E-state index contributed by atoms with van der Waals surface area (Å²) >= 11 is 0. The Bertz CT molecular complexity index is 533. The molecular weight excluding hydrogens is 216 g/mol. The zero-order chi connectivity index (χ0) is 12.3. The molecule has 0 aromatic heterocycles. The molecule has 0 aliphatic carbocycles. The van der Waals surface area contributed by atoms with Gasteiger partial charge in [-0.25, -0.2) is 0 Å². The van der Waals surface area contributed by atoms with E-state index >= 15 is 0 Å². The molecule has 0 unspecified atom stereocenters. The number of carbonyl (C=O) groups is 1. The van der Waals surface area contributed by atoms with Crippen LogP contribution in [0.1, 0.15) is 5.56 Å². The molecule has 2 aromatic rings. The second-order valence-corrected chi connectivity index (χ2v) is 3.70. The lowest BCUT2D eigenvalue weighted by molar-refractivity contribution is -0.107. The number of hydrogen-bond acceptors (Lipinski definition) is 3. The largest absolute Gasteiger partial charge is 0.507 e. The monoisotopic (exact) mass is 228 g/mol. The molecule has 3 nitrogen and oxygen atoms in total. The molecule has 0 aliphatic heterocycles. The number of phenolic OH excluding ortho intramolecular Hbond substituents is 2. The number of rotatable bonds is 3. The highest BCUT2D eigenvalue weighted by Gasteiger charge is 2.13. The molecule has 2 rings (SSSR count). The molecule has 0 fully saturated rings. The van der Waals surface area contributed by atoms with Crippen LogP contribution in [0.4, 0.5) is 0 Å². The molecule has 3 heteroatoms. The second-order valence-electron chi connectivity index (χ2n) is 3.70. The highest BCUT2D eigenvalue weighted by Crippen LogP contribution is 2.39. The summed E-state index contributed by atoms with van der Waals surface area (Å²) in [7, 11) is 0. The van der Waals surface area contributed by atoms with Gasteiger partial charge in [0.25, 0.3) is 0 Å². The lowest BCUT2D eigenvalue weighted by Gasteiger charge is -2.10. The van der Waals surface area contributed by atoms with Gasteiger partial charge >= 0.3 is 0 Å². The van der Waals surface area contributed by atoms with Gasteiger partial charge in [0.05, 0.1) is 5.56 Å². The van der Waals surface area contributed by atoms with Crippen molar-refractivity contribution in [3.8, 4) is 22.6 Å². The van der Waals surface area contributed by atoms with Crippen LogP contribution in [0.3, 0.4) is 0 Å². The maximum Gasteiger partial charge on any atom is 0.130 e. The summed E-state index contributed by atoms with van der Waals surface area (Å²) in [6.07, 6.45) is 0.854. The average molecular weight is 228 g/mol. The summed E-state index contributed by atoms with van der Waals surface area (Å²) in [5.74, 6) is -0.0355. The number of phenols is 2. The fraction of sp³-hybridized carbons (Fsp3) is 0.0714. The predicted octanol–water partition coefficient (Wildman–Crippen LogP) is 2.51. The Morgan fingerprint density at radius 3 is 2.35 bits per heavy atom. The van der Waals surface area contributed by atoms with Gasteiger partial charge in [-0.1, -0.05) is 36.4 Å². The SMILES string of the molecule is O=CCc1ccc(O)c(-c2ccccc2)c1O. The zero-order valence-electron chi connectivity index (χ0n) is 9.13. The zero-order valence-corrected chi connectivity index (χ0v) is 9.13. The molecular formula is C14H12O3. The van der Waals surface area contributed by atoms with Crippen LogP contribution < -0.4 is 0 Å². The topological polar surface area (TPSA) is 57.5 Å². The number of hydrogen-bond donors (Lipinski definition) is 2. The first-order valence-corrected chi connectivity index (χ1v) is 5.27. The highest BCUT2D eigenvalue weighted by atomic mass is 16.3. The molecule has 2 aromatic carbocycles. The maximum atomic E-state index is 10.5. The third kappa shape index (κ3) is 2.13. The van der Waals surface area contributed by atoms with Crippen molar-refractivity contribution in [2.24, 2.45) is 0 Å². The molecule has 0 saturated heterocycles. The summed E-state index contributed by atoms with van der Waals surface area (Å²) in [5.41, 5.74) is 1.59. The van der Waals surface area contributed by atoms with Crippen molar-refractivity contribution >= 4 is 6.29 Å². The standard InChI is InChI=1S/C14H12O3/c15-9-8-11-6-7-12(16)13(14(11)17)10-4-2-1-3-5-10/h1-7,9,16-17H,8H2. The Morgan fingerprint density at radius 2 is 1.71 bits per heavy atom. The summed E-state index contributed by atoms with van der Waals surface area (Å²) in [4.78, 5) is 10.5. The predicted molar refractivity (Wildman–Crippen MR) is 65.0 cm³/mol. The Hall–Kier alpha value is -2.29. The summed E-state index contributed by atoms with van der Waals surface area (Å²) in [6.45, 7) is 0. The van der Waals surface area contributed by atoms with Crippen LogP contribution in [0.15, 0.2) is 42.5 Å². The van der Waals surface area contributed by atoms with E-state index < -0.39 is 0 Å². The average Bonchev–Trinajstić information content (AvgIpc) is 2.35. The molecule has 86 valence electrons. The fourth-order valence-corrected chi connectivity index (χ4v) is 1.77. The van der Waals surface area contributed by atoms with E-state index in [1.807, 2.05) is 18.2 Å². The van der Waals surface area contributed by atoms with Crippen molar-refractivity contribution in [1.82, 2.24) is 0 Å². The number of aldehydes is 1.